The SMILES string of the molecule is O=CC1CCOC2(CCCOC2)C1. The van der Waals surface area contributed by atoms with E-state index >= 15 is 0 Å². The Kier molecular flexibility index (Phi) is 2.65. The van der Waals surface area contributed by atoms with Gasteiger partial charge in [0, 0.05) is 19.1 Å². The number of aldehydes is 1. The second kappa shape index (κ2) is 3.76. The molecule has 0 aromatic heterocycles. The van der Waals surface area contributed by atoms with Crippen LogP contribution >= 0.6 is 0 Å². The second-order valence-electron chi connectivity index (χ2n) is 4.08. The van der Waals surface area contributed by atoms with E-state index in [4.69, 9.17) is 9.47 Å². The number of ether oxygens (including phenoxy) is 2. The molecular weight excluding hydrogens is 168 g/mol. The molecule has 1 spiro atoms. The highest BCUT2D eigenvalue weighted by Crippen LogP contribution is 2.34. The summed E-state index contributed by atoms with van der Waals surface area (Å²) < 4.78 is 11.2. The molecule has 2 heterocycles. The molecular formula is C10H16O3. The summed E-state index contributed by atoms with van der Waals surface area (Å²) in [5, 5.41) is 0. The first-order valence-electron chi connectivity index (χ1n) is 5.02. The van der Waals surface area contributed by atoms with Gasteiger partial charge in [-0.15, -0.1) is 0 Å². The van der Waals surface area contributed by atoms with Gasteiger partial charge in [0.25, 0.3) is 0 Å². The van der Waals surface area contributed by atoms with Crippen molar-refractivity contribution in [2.24, 2.45) is 5.92 Å². The van der Waals surface area contributed by atoms with Crippen LogP contribution in [0.3, 0.4) is 0 Å². The molecule has 0 aliphatic carbocycles. The molecule has 2 rings (SSSR count). The molecule has 2 fully saturated rings. The van der Waals surface area contributed by atoms with E-state index in [1.807, 2.05) is 0 Å². The van der Waals surface area contributed by atoms with E-state index in [0.29, 0.717) is 13.2 Å². The van der Waals surface area contributed by atoms with E-state index in [-0.39, 0.29) is 11.5 Å². The van der Waals surface area contributed by atoms with Crippen molar-refractivity contribution in [3.63, 3.8) is 0 Å². The van der Waals surface area contributed by atoms with Gasteiger partial charge in [-0.3, -0.25) is 0 Å². The average Bonchev–Trinajstić information content (AvgIpc) is 2.19. The highest BCUT2D eigenvalue weighted by molar-refractivity contribution is 5.53. The zero-order valence-electron chi connectivity index (χ0n) is 7.83. The van der Waals surface area contributed by atoms with Crippen molar-refractivity contribution in [2.45, 2.75) is 31.3 Å². The standard InChI is InChI=1S/C10H16O3/c11-7-9-2-5-13-10(6-9)3-1-4-12-8-10/h7,9H,1-6,8H2. The topological polar surface area (TPSA) is 35.5 Å². The molecule has 0 saturated carbocycles. The van der Waals surface area contributed by atoms with Gasteiger partial charge in [-0.25, -0.2) is 0 Å². The summed E-state index contributed by atoms with van der Waals surface area (Å²) in [6.45, 7) is 2.24. The van der Waals surface area contributed by atoms with Gasteiger partial charge in [-0.05, 0) is 25.7 Å². The van der Waals surface area contributed by atoms with Gasteiger partial charge in [-0.2, -0.15) is 0 Å². The minimum absolute atomic E-state index is 0.123. The summed E-state index contributed by atoms with van der Waals surface area (Å²) in [6.07, 6.45) is 4.92. The maximum Gasteiger partial charge on any atom is 0.123 e. The van der Waals surface area contributed by atoms with Crippen molar-refractivity contribution in [3.05, 3.63) is 0 Å². The van der Waals surface area contributed by atoms with E-state index < -0.39 is 0 Å². The van der Waals surface area contributed by atoms with Crippen LogP contribution < -0.4 is 0 Å². The van der Waals surface area contributed by atoms with Gasteiger partial charge in [-0.1, -0.05) is 0 Å². The van der Waals surface area contributed by atoms with Crippen molar-refractivity contribution >= 4 is 6.29 Å². The minimum atomic E-state index is -0.123. The van der Waals surface area contributed by atoms with Crippen LogP contribution in [0.2, 0.25) is 0 Å². The van der Waals surface area contributed by atoms with Gasteiger partial charge in [0.05, 0.1) is 12.2 Å². The number of carbonyl (C=O) groups excluding carboxylic acids is 1. The second-order valence-corrected chi connectivity index (χ2v) is 4.08. The Bertz CT molecular complexity index is 179. The Balaban J connectivity index is 1.99. The fraction of sp³-hybridized carbons (Fsp3) is 0.900. The highest BCUT2D eigenvalue weighted by atomic mass is 16.5. The predicted molar refractivity (Wildman–Crippen MR) is 47.5 cm³/mol. The van der Waals surface area contributed by atoms with Gasteiger partial charge in [0.2, 0.25) is 0 Å². The molecule has 3 heteroatoms. The minimum Gasteiger partial charge on any atom is -0.378 e. The molecule has 2 unspecified atom stereocenters. The van der Waals surface area contributed by atoms with Crippen LogP contribution in [0.4, 0.5) is 0 Å². The van der Waals surface area contributed by atoms with E-state index in [9.17, 15) is 4.79 Å². The maximum absolute atomic E-state index is 10.7. The third-order valence-corrected chi connectivity index (χ3v) is 3.01. The van der Waals surface area contributed by atoms with Crippen LogP contribution in [0, 0.1) is 5.92 Å². The third kappa shape index (κ3) is 1.92. The molecule has 2 atom stereocenters. The van der Waals surface area contributed by atoms with Crippen molar-refractivity contribution in [1.29, 1.82) is 0 Å². The van der Waals surface area contributed by atoms with Crippen LogP contribution in [-0.2, 0) is 14.3 Å². The van der Waals surface area contributed by atoms with Crippen LogP contribution in [0.25, 0.3) is 0 Å². The van der Waals surface area contributed by atoms with Gasteiger partial charge >= 0.3 is 0 Å². The van der Waals surface area contributed by atoms with Crippen molar-refractivity contribution < 1.29 is 14.3 Å². The first-order chi connectivity index (χ1) is 6.35. The van der Waals surface area contributed by atoms with E-state index in [1.54, 1.807) is 0 Å². The van der Waals surface area contributed by atoms with Crippen molar-refractivity contribution in [3.8, 4) is 0 Å². The lowest BCUT2D eigenvalue weighted by Gasteiger charge is -2.41. The average molecular weight is 184 g/mol. The fourth-order valence-electron chi connectivity index (χ4n) is 2.28. The Labute approximate surface area is 78.4 Å². The largest absolute Gasteiger partial charge is 0.378 e. The lowest BCUT2D eigenvalue weighted by Crippen LogP contribution is -2.46. The maximum atomic E-state index is 10.7. The normalized spacial score (nSPS) is 40.5. The zero-order valence-corrected chi connectivity index (χ0v) is 7.83. The van der Waals surface area contributed by atoms with E-state index in [2.05, 4.69) is 0 Å². The molecule has 0 N–H and O–H groups in total. The van der Waals surface area contributed by atoms with E-state index in [0.717, 1.165) is 38.6 Å². The fourth-order valence-corrected chi connectivity index (χ4v) is 2.28. The summed E-state index contributed by atoms with van der Waals surface area (Å²) in [6, 6.07) is 0. The molecule has 0 radical (unpaired) electrons. The molecule has 0 aromatic rings. The van der Waals surface area contributed by atoms with E-state index in [1.165, 1.54) is 0 Å². The molecule has 2 saturated heterocycles. The van der Waals surface area contributed by atoms with Crippen LogP contribution in [-0.4, -0.2) is 31.7 Å². The van der Waals surface area contributed by atoms with Gasteiger partial charge in [0.15, 0.2) is 0 Å². The Hall–Kier alpha value is -0.410. The summed E-state index contributed by atoms with van der Waals surface area (Å²) >= 11 is 0. The van der Waals surface area contributed by atoms with Crippen LogP contribution in [0.5, 0.6) is 0 Å². The summed E-state index contributed by atoms with van der Waals surface area (Å²) in [5.74, 6) is 0.190. The summed E-state index contributed by atoms with van der Waals surface area (Å²) in [4.78, 5) is 10.7. The highest BCUT2D eigenvalue weighted by Gasteiger charge is 2.39. The van der Waals surface area contributed by atoms with Gasteiger partial charge in [0.1, 0.15) is 6.29 Å². The first-order valence-corrected chi connectivity index (χ1v) is 5.02. The summed E-state index contributed by atoms with van der Waals surface area (Å²) in [7, 11) is 0. The molecule has 13 heavy (non-hydrogen) atoms. The monoisotopic (exact) mass is 184 g/mol. The van der Waals surface area contributed by atoms with Crippen molar-refractivity contribution in [2.75, 3.05) is 19.8 Å². The Morgan fingerprint density at radius 3 is 3.00 bits per heavy atom. The molecule has 3 nitrogen and oxygen atoms in total. The number of rotatable bonds is 1. The number of hydrogen-bond acceptors (Lipinski definition) is 3. The molecule has 2 aliphatic rings. The lowest BCUT2D eigenvalue weighted by atomic mass is 9.83. The van der Waals surface area contributed by atoms with Gasteiger partial charge < -0.3 is 14.3 Å². The molecule has 74 valence electrons. The summed E-state index contributed by atoms with van der Waals surface area (Å²) in [5.41, 5.74) is -0.123. The predicted octanol–water partition coefficient (Wildman–Crippen LogP) is 1.16. The third-order valence-electron chi connectivity index (χ3n) is 3.01. The zero-order chi connectivity index (χ0) is 9.15. The molecule has 0 bridgehead atoms. The Morgan fingerprint density at radius 2 is 2.31 bits per heavy atom. The smallest absolute Gasteiger partial charge is 0.123 e. The number of carbonyl (C=O) groups is 1. The lowest BCUT2D eigenvalue weighted by molar-refractivity contribution is -0.163. The number of hydrogen-bond donors (Lipinski definition) is 0. The first kappa shape index (κ1) is 9.16. The molecule has 2 aliphatic heterocycles. The quantitative estimate of drug-likeness (QED) is 0.574. The molecule has 0 amide bonds. The van der Waals surface area contributed by atoms with Crippen molar-refractivity contribution in [1.82, 2.24) is 0 Å². The van der Waals surface area contributed by atoms with Crippen LogP contribution in [0.1, 0.15) is 25.7 Å². The van der Waals surface area contributed by atoms with Crippen LogP contribution in [0.15, 0.2) is 0 Å². The Morgan fingerprint density at radius 1 is 1.38 bits per heavy atom. The molecule has 0 aromatic carbocycles.